The second kappa shape index (κ2) is 9.89. The third-order valence-electron chi connectivity index (χ3n) is 4.99. The van der Waals surface area contributed by atoms with Gasteiger partial charge in [-0.15, -0.1) is 0 Å². The summed E-state index contributed by atoms with van der Waals surface area (Å²) in [6.45, 7) is 3.40. The van der Waals surface area contributed by atoms with Crippen LogP contribution < -0.4 is 10.1 Å². The third-order valence-corrected chi connectivity index (χ3v) is 6.74. The first-order chi connectivity index (χ1) is 14.0. The zero-order chi connectivity index (χ0) is 20.7. The van der Waals surface area contributed by atoms with Crippen molar-refractivity contribution in [2.24, 2.45) is 0 Å². The van der Waals surface area contributed by atoms with Crippen molar-refractivity contribution in [2.45, 2.75) is 32.2 Å². The average Bonchev–Trinajstić information content (AvgIpc) is 3.07. The molecule has 1 heterocycles. The van der Waals surface area contributed by atoms with Gasteiger partial charge in [0.05, 0.1) is 17.2 Å². The van der Waals surface area contributed by atoms with Crippen LogP contribution in [-0.2, 0) is 14.6 Å². The van der Waals surface area contributed by atoms with E-state index in [1.54, 1.807) is 0 Å². The van der Waals surface area contributed by atoms with Crippen LogP contribution in [0.2, 0.25) is 0 Å². The first kappa shape index (κ1) is 21.3. The minimum absolute atomic E-state index is 0.0152. The van der Waals surface area contributed by atoms with Crippen LogP contribution in [0.4, 0.5) is 5.69 Å². The van der Waals surface area contributed by atoms with E-state index in [4.69, 9.17) is 4.74 Å². The van der Waals surface area contributed by atoms with Crippen LogP contribution in [-0.4, -0.2) is 49.9 Å². The molecule has 0 radical (unpaired) electrons. The molecule has 2 aromatic carbocycles. The molecule has 1 saturated heterocycles. The lowest BCUT2D eigenvalue weighted by molar-refractivity contribution is -0.116. The van der Waals surface area contributed by atoms with Crippen molar-refractivity contribution < 1.29 is 17.9 Å². The van der Waals surface area contributed by atoms with E-state index in [9.17, 15) is 13.2 Å². The molecule has 1 aliphatic rings. The largest absolute Gasteiger partial charge is 0.455 e. The molecule has 0 bridgehead atoms. The maximum Gasteiger partial charge on any atom is 0.225 e. The van der Waals surface area contributed by atoms with Crippen molar-refractivity contribution in [1.82, 2.24) is 4.90 Å². The molecule has 1 N–H and O–H groups in total. The van der Waals surface area contributed by atoms with E-state index >= 15 is 0 Å². The number of sulfone groups is 1. The fourth-order valence-corrected chi connectivity index (χ4v) is 5.32. The number of carbonyl (C=O) groups is 1. The summed E-state index contributed by atoms with van der Waals surface area (Å²) in [5, 5.41) is 2.93. The Morgan fingerprint density at radius 3 is 2.52 bits per heavy atom. The van der Waals surface area contributed by atoms with Gasteiger partial charge in [0.15, 0.2) is 15.6 Å². The van der Waals surface area contributed by atoms with Crippen molar-refractivity contribution in [3.8, 4) is 11.5 Å². The van der Waals surface area contributed by atoms with Crippen LogP contribution in [0.15, 0.2) is 54.6 Å². The Labute approximate surface area is 172 Å². The minimum atomic E-state index is -2.94. The summed E-state index contributed by atoms with van der Waals surface area (Å²) >= 11 is 0. The first-order valence-corrected chi connectivity index (χ1v) is 11.9. The van der Waals surface area contributed by atoms with Crippen molar-refractivity contribution in [2.75, 3.05) is 29.9 Å². The molecule has 2 aromatic rings. The van der Waals surface area contributed by atoms with Crippen molar-refractivity contribution in [3.63, 3.8) is 0 Å². The third kappa shape index (κ3) is 6.30. The van der Waals surface area contributed by atoms with Gasteiger partial charge in [0.25, 0.3) is 0 Å². The number of carbonyl (C=O) groups excluding carboxylic acids is 1. The normalized spacial score (nSPS) is 17.9. The van der Waals surface area contributed by atoms with Gasteiger partial charge in [-0.2, -0.15) is 0 Å². The zero-order valence-electron chi connectivity index (χ0n) is 16.7. The Balaban J connectivity index is 1.59. The van der Waals surface area contributed by atoms with Crippen LogP contribution in [0.5, 0.6) is 11.5 Å². The molecule has 1 fully saturated rings. The van der Waals surface area contributed by atoms with Gasteiger partial charge in [-0.1, -0.05) is 37.3 Å². The highest BCUT2D eigenvalue weighted by molar-refractivity contribution is 7.91. The average molecular weight is 417 g/mol. The minimum Gasteiger partial charge on any atom is -0.455 e. The first-order valence-electron chi connectivity index (χ1n) is 10.0. The molecule has 1 aliphatic heterocycles. The highest BCUT2D eigenvalue weighted by Gasteiger charge is 2.31. The molecule has 0 spiro atoms. The van der Waals surface area contributed by atoms with E-state index in [0.29, 0.717) is 36.6 Å². The Morgan fingerprint density at radius 2 is 1.83 bits per heavy atom. The van der Waals surface area contributed by atoms with Crippen LogP contribution in [0.3, 0.4) is 0 Å². The quantitative estimate of drug-likeness (QED) is 0.674. The zero-order valence-corrected chi connectivity index (χ0v) is 17.5. The van der Waals surface area contributed by atoms with Gasteiger partial charge < -0.3 is 10.1 Å². The number of ether oxygens (including phenoxy) is 1. The van der Waals surface area contributed by atoms with E-state index in [1.165, 1.54) is 0 Å². The van der Waals surface area contributed by atoms with Crippen molar-refractivity contribution in [1.29, 1.82) is 0 Å². The number of amides is 1. The number of benzene rings is 2. The van der Waals surface area contributed by atoms with Gasteiger partial charge in [-0.3, -0.25) is 9.69 Å². The lowest BCUT2D eigenvalue weighted by Crippen LogP contribution is -2.38. The van der Waals surface area contributed by atoms with E-state index in [1.807, 2.05) is 54.6 Å². The molecule has 0 saturated carbocycles. The van der Waals surface area contributed by atoms with Crippen LogP contribution in [0.1, 0.15) is 26.2 Å². The van der Waals surface area contributed by atoms with Gasteiger partial charge in [-0.05, 0) is 43.7 Å². The number of hydrogen-bond acceptors (Lipinski definition) is 5. The van der Waals surface area contributed by atoms with Gasteiger partial charge in [0, 0.05) is 19.0 Å². The lowest BCUT2D eigenvalue weighted by atomic mass is 10.2. The summed E-state index contributed by atoms with van der Waals surface area (Å²) < 4.78 is 29.5. The molecule has 0 aliphatic carbocycles. The van der Waals surface area contributed by atoms with Crippen molar-refractivity contribution in [3.05, 3.63) is 54.6 Å². The van der Waals surface area contributed by atoms with Crippen molar-refractivity contribution >= 4 is 21.4 Å². The van der Waals surface area contributed by atoms with Gasteiger partial charge in [0.1, 0.15) is 5.75 Å². The van der Waals surface area contributed by atoms with E-state index in [2.05, 4.69) is 17.1 Å². The molecule has 1 unspecified atom stereocenters. The van der Waals surface area contributed by atoms with Gasteiger partial charge >= 0.3 is 0 Å². The number of rotatable bonds is 9. The molecule has 6 nitrogen and oxygen atoms in total. The molecule has 1 amide bonds. The molecular weight excluding hydrogens is 388 g/mol. The lowest BCUT2D eigenvalue weighted by Gasteiger charge is -2.27. The highest BCUT2D eigenvalue weighted by Crippen LogP contribution is 2.29. The van der Waals surface area contributed by atoms with E-state index < -0.39 is 9.84 Å². The molecule has 0 aromatic heterocycles. The number of para-hydroxylation sites is 3. The predicted octanol–water partition coefficient (Wildman–Crippen LogP) is 3.71. The van der Waals surface area contributed by atoms with Gasteiger partial charge in [0.2, 0.25) is 5.91 Å². The van der Waals surface area contributed by atoms with E-state index in [0.717, 1.165) is 13.0 Å². The fraction of sp³-hybridized carbons (Fsp3) is 0.409. The van der Waals surface area contributed by atoms with Gasteiger partial charge in [-0.25, -0.2) is 8.42 Å². The second-order valence-electron chi connectivity index (χ2n) is 7.30. The maximum absolute atomic E-state index is 12.6. The second-order valence-corrected chi connectivity index (χ2v) is 9.53. The molecule has 29 heavy (non-hydrogen) atoms. The Kier molecular flexibility index (Phi) is 7.28. The topological polar surface area (TPSA) is 75.7 Å². The summed E-state index contributed by atoms with van der Waals surface area (Å²) in [5.41, 5.74) is 0.617. The molecule has 156 valence electrons. The molecular formula is C22H28N2O4S. The SMILES string of the molecule is CCCN(CCC(=O)Nc1ccccc1Oc1ccccc1)C1CCS(=O)(=O)C1. The van der Waals surface area contributed by atoms with Crippen LogP contribution >= 0.6 is 0 Å². The number of anilines is 1. The summed E-state index contributed by atoms with van der Waals surface area (Å²) in [4.78, 5) is 14.7. The summed E-state index contributed by atoms with van der Waals surface area (Å²) in [6, 6.07) is 16.8. The Hall–Kier alpha value is -2.38. The molecule has 7 heteroatoms. The molecule has 1 atom stereocenters. The Bertz CT molecular complexity index is 915. The monoisotopic (exact) mass is 416 g/mol. The summed E-state index contributed by atoms with van der Waals surface area (Å²) in [5.74, 6) is 1.61. The number of nitrogens with zero attached hydrogens (tertiary/aromatic N) is 1. The van der Waals surface area contributed by atoms with E-state index in [-0.39, 0.29) is 23.5 Å². The summed E-state index contributed by atoms with van der Waals surface area (Å²) in [7, 11) is -2.94. The summed E-state index contributed by atoms with van der Waals surface area (Å²) in [6.07, 6.45) is 1.87. The highest BCUT2D eigenvalue weighted by atomic mass is 32.2. The molecule has 3 rings (SSSR count). The standard InChI is InChI=1S/C22H28N2O4S/c1-2-14-24(18-13-16-29(26,27)17-18)15-12-22(25)23-20-10-6-7-11-21(20)28-19-8-4-3-5-9-19/h3-11,18H,2,12-17H2,1H3,(H,23,25). The number of hydrogen-bond donors (Lipinski definition) is 1. The Morgan fingerprint density at radius 1 is 1.10 bits per heavy atom. The smallest absolute Gasteiger partial charge is 0.225 e. The number of nitrogens with one attached hydrogen (secondary N) is 1. The van der Waals surface area contributed by atoms with Crippen LogP contribution in [0.25, 0.3) is 0 Å². The predicted molar refractivity (Wildman–Crippen MR) is 115 cm³/mol. The fourth-order valence-electron chi connectivity index (χ4n) is 3.56. The maximum atomic E-state index is 12.6. The van der Waals surface area contributed by atoms with Crippen LogP contribution in [0, 0.1) is 0 Å².